The highest BCUT2D eigenvalue weighted by atomic mass is 16.5. The van der Waals surface area contributed by atoms with E-state index in [2.05, 4.69) is 5.32 Å². The summed E-state index contributed by atoms with van der Waals surface area (Å²) in [6, 6.07) is 0.138. The molecule has 0 aromatic rings. The molecule has 1 amide bonds. The van der Waals surface area contributed by atoms with Gasteiger partial charge in [-0.2, -0.15) is 0 Å². The Kier molecular flexibility index (Phi) is 5.83. The Hall–Kier alpha value is -0.610. The van der Waals surface area contributed by atoms with Crippen molar-refractivity contribution in [2.24, 2.45) is 5.73 Å². The second-order valence-electron chi connectivity index (χ2n) is 4.62. The molecule has 0 aromatic carbocycles. The van der Waals surface area contributed by atoms with E-state index in [1.807, 2.05) is 27.7 Å². The average Bonchev–Trinajstić information content (AvgIpc) is 2.13. The van der Waals surface area contributed by atoms with Crippen LogP contribution in [0.3, 0.4) is 0 Å². The maximum absolute atomic E-state index is 11.5. The standard InChI is InChI=1S/C11H24N2O2/c1-6-11(5,12)7-15-9(4)10(14)13-8(2)3/h8-9H,6-7,12H2,1-5H3,(H,13,14). The number of hydrogen-bond donors (Lipinski definition) is 2. The third-order valence-corrected chi connectivity index (χ3v) is 2.27. The molecule has 2 atom stereocenters. The maximum Gasteiger partial charge on any atom is 0.249 e. The topological polar surface area (TPSA) is 64.3 Å². The molecule has 0 aliphatic heterocycles. The molecule has 0 bridgehead atoms. The Bertz CT molecular complexity index is 203. The lowest BCUT2D eigenvalue weighted by atomic mass is 10.0. The van der Waals surface area contributed by atoms with Crippen LogP contribution < -0.4 is 11.1 Å². The molecule has 0 aromatic heterocycles. The SMILES string of the molecule is CCC(C)(N)COC(C)C(=O)NC(C)C. The first kappa shape index (κ1) is 14.4. The van der Waals surface area contributed by atoms with Gasteiger partial charge in [0.15, 0.2) is 0 Å². The molecule has 4 heteroatoms. The largest absolute Gasteiger partial charge is 0.367 e. The van der Waals surface area contributed by atoms with Gasteiger partial charge in [-0.25, -0.2) is 0 Å². The molecule has 0 aliphatic carbocycles. The smallest absolute Gasteiger partial charge is 0.249 e. The Morgan fingerprint density at radius 3 is 2.40 bits per heavy atom. The lowest BCUT2D eigenvalue weighted by Gasteiger charge is -2.24. The Balaban J connectivity index is 3.93. The van der Waals surface area contributed by atoms with E-state index in [1.54, 1.807) is 6.92 Å². The van der Waals surface area contributed by atoms with E-state index in [0.29, 0.717) is 6.61 Å². The molecule has 90 valence electrons. The zero-order chi connectivity index (χ0) is 12.1. The van der Waals surface area contributed by atoms with Crippen molar-refractivity contribution in [3.63, 3.8) is 0 Å². The van der Waals surface area contributed by atoms with Gasteiger partial charge in [-0.05, 0) is 34.1 Å². The van der Waals surface area contributed by atoms with Gasteiger partial charge in [0.1, 0.15) is 6.10 Å². The Morgan fingerprint density at radius 1 is 1.47 bits per heavy atom. The number of carbonyl (C=O) groups excluding carboxylic acids is 1. The van der Waals surface area contributed by atoms with Crippen molar-refractivity contribution >= 4 is 5.91 Å². The highest BCUT2D eigenvalue weighted by Crippen LogP contribution is 2.06. The molecule has 0 saturated heterocycles. The van der Waals surface area contributed by atoms with Gasteiger partial charge < -0.3 is 15.8 Å². The Labute approximate surface area is 92.6 Å². The van der Waals surface area contributed by atoms with E-state index < -0.39 is 6.10 Å². The van der Waals surface area contributed by atoms with E-state index in [4.69, 9.17) is 10.5 Å². The number of nitrogens with one attached hydrogen (secondary N) is 1. The van der Waals surface area contributed by atoms with Crippen LogP contribution in [0.1, 0.15) is 41.0 Å². The number of hydrogen-bond acceptors (Lipinski definition) is 3. The average molecular weight is 216 g/mol. The van der Waals surface area contributed by atoms with E-state index in [-0.39, 0.29) is 17.5 Å². The minimum absolute atomic E-state index is 0.0862. The maximum atomic E-state index is 11.5. The van der Waals surface area contributed by atoms with Crippen LogP contribution in [0, 0.1) is 0 Å². The fourth-order valence-corrected chi connectivity index (χ4v) is 0.895. The quantitative estimate of drug-likeness (QED) is 0.697. The lowest BCUT2D eigenvalue weighted by molar-refractivity contribution is -0.133. The molecule has 0 radical (unpaired) electrons. The van der Waals surface area contributed by atoms with Crippen LogP contribution in [0.25, 0.3) is 0 Å². The monoisotopic (exact) mass is 216 g/mol. The summed E-state index contributed by atoms with van der Waals surface area (Å²) in [5.41, 5.74) is 5.55. The van der Waals surface area contributed by atoms with Crippen LogP contribution in [-0.2, 0) is 9.53 Å². The number of ether oxygens (including phenoxy) is 1. The molecule has 3 N–H and O–H groups in total. The summed E-state index contributed by atoms with van der Waals surface area (Å²) in [7, 11) is 0. The molecule has 2 unspecified atom stereocenters. The fraction of sp³-hybridized carbons (Fsp3) is 0.909. The summed E-state index contributed by atoms with van der Waals surface area (Å²) >= 11 is 0. The summed E-state index contributed by atoms with van der Waals surface area (Å²) in [5.74, 6) is -0.0862. The van der Waals surface area contributed by atoms with Crippen LogP contribution in [0.2, 0.25) is 0 Å². The molecule has 15 heavy (non-hydrogen) atoms. The number of amides is 1. The summed E-state index contributed by atoms with van der Waals surface area (Å²) in [5, 5.41) is 2.79. The highest BCUT2D eigenvalue weighted by Gasteiger charge is 2.20. The molecule has 0 saturated carbocycles. The van der Waals surface area contributed by atoms with Gasteiger partial charge in [0, 0.05) is 11.6 Å². The van der Waals surface area contributed by atoms with Crippen molar-refractivity contribution in [2.45, 2.75) is 58.7 Å². The van der Waals surface area contributed by atoms with Gasteiger partial charge in [-0.3, -0.25) is 4.79 Å². The van der Waals surface area contributed by atoms with Gasteiger partial charge in [0.2, 0.25) is 5.91 Å². The normalized spacial score (nSPS) is 17.3. The molecular formula is C11H24N2O2. The fourth-order valence-electron chi connectivity index (χ4n) is 0.895. The van der Waals surface area contributed by atoms with E-state index >= 15 is 0 Å². The van der Waals surface area contributed by atoms with Crippen LogP contribution in [0.15, 0.2) is 0 Å². The van der Waals surface area contributed by atoms with Crippen molar-refractivity contribution in [2.75, 3.05) is 6.61 Å². The van der Waals surface area contributed by atoms with Crippen LogP contribution in [0.4, 0.5) is 0 Å². The minimum Gasteiger partial charge on any atom is -0.367 e. The molecule has 0 spiro atoms. The first-order valence-corrected chi connectivity index (χ1v) is 5.49. The van der Waals surface area contributed by atoms with E-state index in [9.17, 15) is 4.79 Å². The van der Waals surface area contributed by atoms with Gasteiger partial charge >= 0.3 is 0 Å². The molecule has 0 aliphatic rings. The third kappa shape index (κ3) is 6.47. The summed E-state index contributed by atoms with van der Waals surface area (Å²) in [4.78, 5) is 11.5. The van der Waals surface area contributed by atoms with E-state index in [0.717, 1.165) is 6.42 Å². The van der Waals surface area contributed by atoms with Crippen molar-refractivity contribution in [1.29, 1.82) is 0 Å². The van der Waals surface area contributed by atoms with Crippen molar-refractivity contribution in [3.8, 4) is 0 Å². The van der Waals surface area contributed by atoms with Gasteiger partial charge in [-0.15, -0.1) is 0 Å². The van der Waals surface area contributed by atoms with Gasteiger partial charge in [0.25, 0.3) is 0 Å². The summed E-state index contributed by atoms with van der Waals surface area (Å²) in [6.07, 6.45) is 0.382. The van der Waals surface area contributed by atoms with Gasteiger partial charge in [-0.1, -0.05) is 6.92 Å². The van der Waals surface area contributed by atoms with Crippen LogP contribution in [0.5, 0.6) is 0 Å². The number of nitrogens with two attached hydrogens (primary N) is 1. The minimum atomic E-state index is -0.443. The molecular weight excluding hydrogens is 192 g/mol. The predicted octanol–water partition coefficient (Wildman–Crippen LogP) is 1.04. The molecule has 0 rings (SSSR count). The molecule has 0 fully saturated rings. The van der Waals surface area contributed by atoms with Crippen LogP contribution in [-0.4, -0.2) is 30.2 Å². The van der Waals surface area contributed by atoms with Crippen molar-refractivity contribution < 1.29 is 9.53 Å². The summed E-state index contributed by atoms with van der Waals surface area (Å²) in [6.45, 7) is 9.90. The predicted molar refractivity (Wildman–Crippen MR) is 61.6 cm³/mol. The first-order chi connectivity index (χ1) is 6.78. The van der Waals surface area contributed by atoms with Gasteiger partial charge in [0.05, 0.1) is 6.61 Å². The second kappa shape index (κ2) is 6.08. The zero-order valence-corrected chi connectivity index (χ0v) is 10.5. The lowest BCUT2D eigenvalue weighted by Crippen LogP contribution is -2.45. The first-order valence-electron chi connectivity index (χ1n) is 5.49. The number of carbonyl (C=O) groups is 1. The van der Waals surface area contributed by atoms with E-state index in [1.165, 1.54) is 0 Å². The van der Waals surface area contributed by atoms with Crippen LogP contribution >= 0.6 is 0 Å². The summed E-state index contributed by atoms with van der Waals surface area (Å²) < 4.78 is 5.42. The van der Waals surface area contributed by atoms with Crippen molar-refractivity contribution in [1.82, 2.24) is 5.32 Å². The highest BCUT2D eigenvalue weighted by molar-refractivity contribution is 5.80. The molecule has 0 heterocycles. The third-order valence-electron chi connectivity index (χ3n) is 2.27. The Morgan fingerprint density at radius 2 is 2.00 bits per heavy atom. The number of rotatable bonds is 6. The second-order valence-corrected chi connectivity index (χ2v) is 4.62. The molecule has 4 nitrogen and oxygen atoms in total. The zero-order valence-electron chi connectivity index (χ0n) is 10.5. The van der Waals surface area contributed by atoms with Crippen molar-refractivity contribution in [3.05, 3.63) is 0 Å².